The van der Waals surface area contributed by atoms with Gasteiger partial charge in [0, 0.05) is 31.2 Å². The van der Waals surface area contributed by atoms with Gasteiger partial charge in [0.15, 0.2) is 6.17 Å². The minimum absolute atomic E-state index is 0.221. The van der Waals surface area contributed by atoms with Crippen molar-refractivity contribution in [1.82, 2.24) is 4.98 Å². The predicted octanol–water partition coefficient (Wildman–Crippen LogP) is 4.84. The summed E-state index contributed by atoms with van der Waals surface area (Å²) in [5.74, 6) is -7.56. The Morgan fingerprint density at radius 1 is 1.22 bits per heavy atom. The molecule has 1 saturated carbocycles. The highest BCUT2D eigenvalue weighted by Gasteiger charge is 2.50. The molecule has 0 radical (unpaired) electrons. The van der Waals surface area contributed by atoms with Crippen LogP contribution in [0.5, 0.6) is 5.75 Å². The van der Waals surface area contributed by atoms with Crippen LogP contribution >= 0.6 is 0 Å². The first kappa shape index (κ1) is 16.4. The maximum atomic E-state index is 14.2. The van der Waals surface area contributed by atoms with Crippen molar-refractivity contribution in [3.8, 4) is 5.75 Å². The molecule has 8 heteroatoms. The number of pyridine rings is 1. The Labute approximate surface area is 128 Å². The highest BCUT2D eigenvalue weighted by atomic mass is 19.3. The summed E-state index contributed by atoms with van der Waals surface area (Å²) in [6.45, 7) is 1.88. The number of ether oxygens (including phenoxy) is 1. The Hall–Kier alpha value is -1.47. The molecule has 2 nitrogen and oxygen atoms in total. The largest absolute Gasteiger partial charge is 0.488 e. The molecule has 0 aromatic carbocycles. The Morgan fingerprint density at radius 3 is 2.35 bits per heavy atom. The Balaban J connectivity index is 2.00. The first-order valence-corrected chi connectivity index (χ1v) is 7.25. The molecule has 128 valence electrons. The highest BCUT2D eigenvalue weighted by molar-refractivity contribution is 5.50. The second-order valence-electron chi connectivity index (χ2n) is 6.33. The van der Waals surface area contributed by atoms with Crippen molar-refractivity contribution in [2.75, 3.05) is 0 Å². The number of hydrogen-bond acceptors (Lipinski definition) is 2. The molecule has 1 fully saturated rings. The molecule has 3 atom stereocenters. The minimum atomic E-state index is -3.37. The van der Waals surface area contributed by atoms with Crippen LogP contribution in [0, 0.1) is 0 Å². The van der Waals surface area contributed by atoms with Gasteiger partial charge < -0.3 is 4.74 Å². The smallest absolute Gasteiger partial charge is 0.287 e. The van der Waals surface area contributed by atoms with Crippen molar-refractivity contribution in [2.45, 2.75) is 62.9 Å². The molecule has 3 rings (SSSR count). The zero-order valence-corrected chi connectivity index (χ0v) is 12.4. The van der Waals surface area contributed by atoms with Crippen LogP contribution < -0.4 is 4.74 Å². The van der Waals surface area contributed by atoms with Gasteiger partial charge in [0.05, 0.1) is 6.20 Å². The molecule has 1 heterocycles. The second-order valence-corrected chi connectivity index (χ2v) is 6.33. The van der Waals surface area contributed by atoms with Crippen molar-refractivity contribution in [3.63, 3.8) is 0 Å². The lowest BCUT2D eigenvalue weighted by Gasteiger charge is -2.35. The average Bonchev–Trinajstić information content (AvgIpc) is 2.61. The van der Waals surface area contributed by atoms with Gasteiger partial charge >= 0.3 is 0 Å². The molecular weight excluding hydrogens is 324 g/mol. The monoisotopic (exact) mass is 339 g/mol. The van der Waals surface area contributed by atoms with E-state index < -0.39 is 54.7 Å². The summed E-state index contributed by atoms with van der Waals surface area (Å²) in [5, 5.41) is 0. The van der Waals surface area contributed by atoms with E-state index in [4.69, 9.17) is 4.74 Å². The summed E-state index contributed by atoms with van der Waals surface area (Å²) in [4.78, 5) is 3.59. The summed E-state index contributed by atoms with van der Waals surface area (Å²) in [6.07, 6.45) is -5.21. The fraction of sp³-hybridized carbons (Fsp3) is 0.667. The zero-order valence-electron chi connectivity index (χ0n) is 12.4. The number of alkyl halides is 6. The van der Waals surface area contributed by atoms with Crippen LogP contribution in [0.3, 0.4) is 0 Å². The topological polar surface area (TPSA) is 22.1 Å². The van der Waals surface area contributed by atoms with Gasteiger partial charge in [-0.3, -0.25) is 4.98 Å². The van der Waals surface area contributed by atoms with Crippen LogP contribution in [0.15, 0.2) is 6.20 Å². The number of rotatable bonds is 3. The van der Waals surface area contributed by atoms with Crippen LogP contribution in [0.25, 0.3) is 0 Å². The average molecular weight is 339 g/mol. The normalized spacial score (nSPS) is 30.0. The van der Waals surface area contributed by atoms with Crippen molar-refractivity contribution < 1.29 is 31.1 Å². The van der Waals surface area contributed by atoms with E-state index in [2.05, 4.69) is 4.98 Å². The van der Waals surface area contributed by atoms with Crippen LogP contribution in [-0.2, 0) is 5.92 Å². The molecule has 2 aliphatic rings. The quantitative estimate of drug-likeness (QED) is 0.736. The lowest BCUT2D eigenvalue weighted by molar-refractivity contribution is -0.134. The second kappa shape index (κ2) is 5.01. The van der Waals surface area contributed by atoms with E-state index in [0.717, 1.165) is 6.20 Å². The van der Waals surface area contributed by atoms with Crippen LogP contribution in [0.4, 0.5) is 26.3 Å². The van der Waals surface area contributed by atoms with Crippen molar-refractivity contribution >= 4 is 0 Å². The molecule has 0 unspecified atom stereocenters. The molecule has 23 heavy (non-hydrogen) atoms. The van der Waals surface area contributed by atoms with E-state index in [9.17, 15) is 26.3 Å². The highest BCUT2D eigenvalue weighted by Crippen LogP contribution is 2.52. The minimum Gasteiger partial charge on any atom is -0.488 e. The van der Waals surface area contributed by atoms with Crippen molar-refractivity contribution in [3.05, 3.63) is 23.0 Å². The summed E-state index contributed by atoms with van der Waals surface area (Å²) in [5.41, 5.74) is -1.25. The van der Waals surface area contributed by atoms with E-state index in [1.807, 2.05) is 0 Å². The van der Waals surface area contributed by atoms with Crippen molar-refractivity contribution in [1.29, 1.82) is 0 Å². The molecule has 0 spiro atoms. The third-order valence-corrected chi connectivity index (χ3v) is 4.37. The number of fused-ring (bicyclic) bond motifs is 1. The van der Waals surface area contributed by atoms with Gasteiger partial charge in [0.25, 0.3) is 11.8 Å². The summed E-state index contributed by atoms with van der Waals surface area (Å²) < 4.78 is 86.5. The van der Waals surface area contributed by atoms with Gasteiger partial charge in [0.2, 0.25) is 0 Å². The first-order chi connectivity index (χ1) is 10.5. The van der Waals surface area contributed by atoms with E-state index in [0.29, 0.717) is 6.92 Å². The van der Waals surface area contributed by atoms with Crippen LogP contribution in [-0.4, -0.2) is 23.2 Å². The SMILES string of the molecule is C[C@H]1c2c(C(C)(F)F)ncc(OC3CC(F)(F)C3)c2[C@@H](F)[C@H]1F. The maximum absolute atomic E-state index is 14.2. The molecule has 1 aromatic rings. The Kier molecular flexibility index (Phi) is 3.57. The van der Waals surface area contributed by atoms with Crippen LogP contribution in [0.1, 0.15) is 55.6 Å². The van der Waals surface area contributed by atoms with E-state index >= 15 is 0 Å². The predicted molar refractivity (Wildman–Crippen MR) is 69.6 cm³/mol. The zero-order chi connectivity index (χ0) is 17.2. The van der Waals surface area contributed by atoms with Gasteiger partial charge in [-0.2, -0.15) is 8.78 Å². The molecule has 0 bridgehead atoms. The summed E-state index contributed by atoms with van der Waals surface area (Å²) in [6, 6.07) is 0. The van der Waals surface area contributed by atoms with E-state index in [1.54, 1.807) is 0 Å². The van der Waals surface area contributed by atoms with Gasteiger partial charge in [0.1, 0.15) is 23.7 Å². The third kappa shape index (κ3) is 2.65. The fourth-order valence-corrected chi connectivity index (χ4v) is 3.15. The maximum Gasteiger partial charge on any atom is 0.287 e. The molecule has 1 aromatic heterocycles. The standard InChI is InChI=1S/C15H15F6NO/c1-6-9-10(12(17)11(6)16)8(5-22-13(9)14(2,18)19)23-7-3-15(20,21)4-7/h5-7,11-12H,3-4H2,1-2H3/t6-,11-,12+/m0/s1. The van der Waals surface area contributed by atoms with Gasteiger partial charge in [-0.25, -0.2) is 17.6 Å². The molecule has 0 amide bonds. The third-order valence-electron chi connectivity index (χ3n) is 4.37. The molecular formula is C15H15F6NO. The van der Waals surface area contributed by atoms with E-state index in [1.165, 1.54) is 6.92 Å². The van der Waals surface area contributed by atoms with Gasteiger partial charge in [-0.15, -0.1) is 0 Å². The van der Waals surface area contributed by atoms with Crippen molar-refractivity contribution in [2.24, 2.45) is 0 Å². The molecule has 0 aliphatic heterocycles. The summed E-state index contributed by atoms with van der Waals surface area (Å²) >= 11 is 0. The first-order valence-electron chi connectivity index (χ1n) is 7.25. The number of nitrogens with zero attached hydrogens (tertiary/aromatic N) is 1. The number of aromatic nitrogens is 1. The van der Waals surface area contributed by atoms with E-state index in [-0.39, 0.29) is 16.9 Å². The van der Waals surface area contributed by atoms with Gasteiger partial charge in [-0.1, -0.05) is 6.92 Å². The number of halogens is 6. The lowest BCUT2D eigenvalue weighted by Crippen LogP contribution is -2.43. The molecule has 0 N–H and O–H groups in total. The Bertz CT molecular complexity index is 621. The summed E-state index contributed by atoms with van der Waals surface area (Å²) in [7, 11) is 0. The van der Waals surface area contributed by atoms with Crippen LogP contribution in [0.2, 0.25) is 0 Å². The number of hydrogen-bond donors (Lipinski definition) is 0. The van der Waals surface area contributed by atoms with Gasteiger partial charge in [-0.05, 0) is 5.56 Å². The molecule has 0 saturated heterocycles. The lowest BCUT2D eigenvalue weighted by atomic mass is 9.90. The molecule has 2 aliphatic carbocycles. The Morgan fingerprint density at radius 2 is 1.83 bits per heavy atom. The fourth-order valence-electron chi connectivity index (χ4n) is 3.15.